The van der Waals surface area contributed by atoms with Crippen LogP contribution in [0.3, 0.4) is 0 Å². The van der Waals surface area contributed by atoms with Crippen molar-refractivity contribution in [1.29, 1.82) is 0 Å². The van der Waals surface area contributed by atoms with Crippen molar-refractivity contribution in [3.63, 3.8) is 0 Å². The number of nitrogen functional groups attached to an aromatic ring is 1. The molecule has 0 saturated carbocycles. The van der Waals surface area contributed by atoms with Crippen LogP contribution in [-0.2, 0) is 0 Å². The molecule has 96 valence electrons. The van der Waals surface area contributed by atoms with E-state index in [-0.39, 0.29) is 0 Å². The summed E-state index contributed by atoms with van der Waals surface area (Å²) >= 11 is 12.1. The van der Waals surface area contributed by atoms with Crippen molar-refractivity contribution in [3.8, 4) is 5.69 Å². The summed E-state index contributed by atoms with van der Waals surface area (Å²) in [6.45, 7) is 1.96. The molecule has 2 N–H and O–H groups in total. The number of halogens is 2. The van der Waals surface area contributed by atoms with Crippen LogP contribution in [0.25, 0.3) is 16.7 Å². The molecule has 0 spiro atoms. The molecule has 3 aromatic rings. The Morgan fingerprint density at radius 2 is 1.95 bits per heavy atom. The summed E-state index contributed by atoms with van der Waals surface area (Å²) in [5, 5.41) is 1.34. The van der Waals surface area contributed by atoms with E-state index in [1.807, 2.05) is 41.8 Å². The zero-order valence-electron chi connectivity index (χ0n) is 10.2. The molecule has 19 heavy (non-hydrogen) atoms. The lowest BCUT2D eigenvalue weighted by Crippen LogP contribution is -2.02. The molecule has 3 nitrogen and oxygen atoms in total. The Morgan fingerprint density at radius 3 is 2.74 bits per heavy atom. The molecule has 2 aromatic carbocycles. The number of hydrogen-bond acceptors (Lipinski definition) is 2. The second kappa shape index (κ2) is 4.44. The van der Waals surface area contributed by atoms with E-state index in [2.05, 4.69) is 4.98 Å². The zero-order valence-corrected chi connectivity index (χ0v) is 11.7. The molecule has 3 rings (SSSR count). The third-order valence-electron chi connectivity index (χ3n) is 3.12. The summed E-state index contributed by atoms with van der Waals surface area (Å²) < 4.78 is 1.88. The lowest BCUT2D eigenvalue weighted by atomic mass is 10.2. The highest BCUT2D eigenvalue weighted by molar-refractivity contribution is 6.31. The zero-order chi connectivity index (χ0) is 13.6. The van der Waals surface area contributed by atoms with Crippen molar-refractivity contribution >= 4 is 40.2 Å². The topological polar surface area (TPSA) is 43.8 Å². The minimum absolute atomic E-state index is 0.419. The van der Waals surface area contributed by atoms with Gasteiger partial charge in [0, 0.05) is 10.0 Å². The standard InChI is InChI=1S/C14H11Cl2N3/c1-8-10(16)3-2-4-12(8)19-13-6-5-9(15)7-11(13)18-14(19)17/h2-7H,1H3,(H2,17,18). The molecule has 0 unspecified atom stereocenters. The number of anilines is 1. The molecule has 0 aliphatic carbocycles. The number of nitrogens with two attached hydrogens (primary N) is 1. The van der Waals surface area contributed by atoms with Crippen molar-refractivity contribution in [2.24, 2.45) is 0 Å². The molecule has 0 saturated heterocycles. The summed E-state index contributed by atoms with van der Waals surface area (Å²) in [5.41, 5.74) is 9.59. The van der Waals surface area contributed by atoms with E-state index in [1.54, 1.807) is 6.07 Å². The SMILES string of the molecule is Cc1c(Cl)cccc1-n1c(N)nc2cc(Cl)ccc21. The van der Waals surface area contributed by atoms with Gasteiger partial charge in [0.1, 0.15) is 0 Å². The van der Waals surface area contributed by atoms with Gasteiger partial charge in [-0.05, 0) is 42.8 Å². The number of benzene rings is 2. The Bertz CT molecular complexity index is 778. The minimum Gasteiger partial charge on any atom is -0.369 e. The fraction of sp³-hybridized carbons (Fsp3) is 0.0714. The van der Waals surface area contributed by atoms with E-state index in [9.17, 15) is 0 Å². The van der Waals surface area contributed by atoms with E-state index in [4.69, 9.17) is 28.9 Å². The van der Waals surface area contributed by atoms with Crippen molar-refractivity contribution in [1.82, 2.24) is 9.55 Å². The van der Waals surface area contributed by atoms with Gasteiger partial charge in [-0.15, -0.1) is 0 Å². The normalized spacial score (nSPS) is 11.1. The number of rotatable bonds is 1. The van der Waals surface area contributed by atoms with Gasteiger partial charge in [-0.25, -0.2) is 4.98 Å². The molecule has 0 radical (unpaired) electrons. The fourth-order valence-corrected chi connectivity index (χ4v) is 2.50. The third kappa shape index (κ3) is 1.95. The molecule has 0 atom stereocenters. The molecule has 5 heteroatoms. The highest BCUT2D eigenvalue weighted by Crippen LogP contribution is 2.29. The molecule has 0 fully saturated rings. The second-order valence-corrected chi connectivity index (χ2v) is 5.17. The van der Waals surface area contributed by atoms with Crippen LogP contribution in [0.5, 0.6) is 0 Å². The first-order chi connectivity index (χ1) is 9.08. The average Bonchev–Trinajstić information content (AvgIpc) is 2.68. The maximum absolute atomic E-state index is 6.16. The quantitative estimate of drug-likeness (QED) is 0.729. The Labute approximate surface area is 120 Å². The summed E-state index contributed by atoms with van der Waals surface area (Å²) in [6.07, 6.45) is 0. The fourth-order valence-electron chi connectivity index (χ4n) is 2.16. The van der Waals surface area contributed by atoms with Crippen LogP contribution in [0, 0.1) is 6.92 Å². The van der Waals surface area contributed by atoms with Crippen LogP contribution in [0.4, 0.5) is 5.95 Å². The van der Waals surface area contributed by atoms with Crippen molar-refractivity contribution in [2.45, 2.75) is 6.92 Å². The smallest absolute Gasteiger partial charge is 0.205 e. The van der Waals surface area contributed by atoms with E-state index < -0.39 is 0 Å². The van der Waals surface area contributed by atoms with E-state index in [0.717, 1.165) is 22.3 Å². The summed E-state index contributed by atoms with van der Waals surface area (Å²) in [6, 6.07) is 11.2. The maximum atomic E-state index is 6.16. The summed E-state index contributed by atoms with van der Waals surface area (Å²) in [4.78, 5) is 4.33. The highest BCUT2D eigenvalue weighted by atomic mass is 35.5. The monoisotopic (exact) mass is 291 g/mol. The first-order valence-electron chi connectivity index (χ1n) is 5.77. The van der Waals surface area contributed by atoms with E-state index in [0.29, 0.717) is 16.0 Å². The van der Waals surface area contributed by atoms with Crippen LogP contribution in [0.1, 0.15) is 5.56 Å². The van der Waals surface area contributed by atoms with Crippen LogP contribution < -0.4 is 5.73 Å². The predicted molar refractivity (Wildman–Crippen MR) is 80.2 cm³/mol. The van der Waals surface area contributed by atoms with Crippen molar-refractivity contribution in [2.75, 3.05) is 5.73 Å². The Morgan fingerprint density at radius 1 is 1.16 bits per heavy atom. The predicted octanol–water partition coefficient (Wildman–Crippen LogP) is 4.22. The van der Waals surface area contributed by atoms with Gasteiger partial charge in [-0.2, -0.15) is 0 Å². The first-order valence-corrected chi connectivity index (χ1v) is 6.52. The lowest BCUT2D eigenvalue weighted by Gasteiger charge is -2.11. The molecule has 0 aliphatic rings. The van der Waals surface area contributed by atoms with Crippen molar-refractivity contribution < 1.29 is 0 Å². The van der Waals surface area contributed by atoms with Gasteiger partial charge in [0.2, 0.25) is 5.95 Å². The average molecular weight is 292 g/mol. The number of imidazole rings is 1. The Kier molecular flexibility index (Phi) is 2.88. The van der Waals surface area contributed by atoms with Crippen LogP contribution in [0.15, 0.2) is 36.4 Å². The van der Waals surface area contributed by atoms with E-state index in [1.165, 1.54) is 0 Å². The van der Waals surface area contributed by atoms with Crippen LogP contribution >= 0.6 is 23.2 Å². The van der Waals surface area contributed by atoms with E-state index >= 15 is 0 Å². The maximum Gasteiger partial charge on any atom is 0.205 e. The largest absolute Gasteiger partial charge is 0.369 e. The Balaban J connectivity index is 2.36. The summed E-state index contributed by atoms with van der Waals surface area (Å²) in [5.74, 6) is 0.419. The minimum atomic E-state index is 0.419. The van der Waals surface area contributed by atoms with Gasteiger partial charge >= 0.3 is 0 Å². The number of fused-ring (bicyclic) bond motifs is 1. The lowest BCUT2D eigenvalue weighted by molar-refractivity contribution is 1.09. The number of hydrogen-bond donors (Lipinski definition) is 1. The first kappa shape index (κ1) is 12.3. The second-order valence-electron chi connectivity index (χ2n) is 4.32. The van der Waals surface area contributed by atoms with Gasteiger partial charge in [-0.3, -0.25) is 4.57 Å². The van der Waals surface area contributed by atoms with Crippen LogP contribution in [-0.4, -0.2) is 9.55 Å². The summed E-state index contributed by atoms with van der Waals surface area (Å²) in [7, 11) is 0. The van der Waals surface area contributed by atoms with Crippen molar-refractivity contribution in [3.05, 3.63) is 52.0 Å². The number of aromatic nitrogens is 2. The molecule has 1 heterocycles. The molecule has 0 aliphatic heterocycles. The molecule has 0 amide bonds. The molecule has 1 aromatic heterocycles. The van der Waals surface area contributed by atoms with Gasteiger partial charge in [0.15, 0.2) is 0 Å². The van der Waals surface area contributed by atoms with Crippen LogP contribution in [0.2, 0.25) is 10.0 Å². The van der Waals surface area contributed by atoms with Gasteiger partial charge in [0.25, 0.3) is 0 Å². The van der Waals surface area contributed by atoms with Gasteiger partial charge < -0.3 is 5.73 Å². The Hall–Kier alpha value is -1.71. The highest BCUT2D eigenvalue weighted by Gasteiger charge is 2.13. The molecule has 0 bridgehead atoms. The molecular formula is C14H11Cl2N3. The number of nitrogens with zero attached hydrogens (tertiary/aromatic N) is 2. The van der Waals surface area contributed by atoms with Gasteiger partial charge in [0.05, 0.1) is 16.7 Å². The molecular weight excluding hydrogens is 281 g/mol. The third-order valence-corrected chi connectivity index (χ3v) is 3.77. The van der Waals surface area contributed by atoms with Gasteiger partial charge in [-0.1, -0.05) is 29.3 Å².